The number of nitrogens with zero attached hydrogens (tertiary/aromatic N) is 4. The van der Waals surface area contributed by atoms with Crippen molar-refractivity contribution >= 4 is 38.9 Å². The standard InChI is InChI=1S/C65H71N4O.Pt/c1-42(2)52-28-22-29-53(43(3)4)60(52)58-40-67(49-34-46(63(8,9)10)33-47(35-49)64(11,12)13)41-68(58)48-25-21-26-50(37-48)70-51-38-55(65(14,15)44-23-17-16-18-24-44)61-54-27-19-20-30-56(54)69(57(61)39-51)59-36-45(31-32-66-59)62(5,6)7;/h16-36,38,40-43H,1-15H3;/q-3;. The zero-order chi connectivity index (χ0) is 50.1. The van der Waals surface area contributed by atoms with Crippen LogP contribution in [0.2, 0.25) is 0 Å². The molecule has 0 saturated heterocycles. The van der Waals surface area contributed by atoms with E-state index in [0.29, 0.717) is 23.3 Å². The maximum atomic E-state index is 7.09. The average molecular weight is 1120 g/mol. The first-order valence-electron chi connectivity index (χ1n) is 25.2. The molecule has 0 fully saturated rings. The summed E-state index contributed by atoms with van der Waals surface area (Å²) in [5.41, 5.74) is 14.7. The summed E-state index contributed by atoms with van der Waals surface area (Å²) in [6.45, 7) is 36.6. The summed E-state index contributed by atoms with van der Waals surface area (Å²) in [7, 11) is 0. The molecule has 0 bridgehead atoms. The van der Waals surface area contributed by atoms with Crippen LogP contribution in [0.4, 0.5) is 11.4 Å². The van der Waals surface area contributed by atoms with Gasteiger partial charge in [-0.05, 0) is 109 Å². The Morgan fingerprint density at radius 2 is 1.18 bits per heavy atom. The van der Waals surface area contributed by atoms with Crippen LogP contribution in [-0.4, -0.2) is 9.55 Å². The second-order valence-electron chi connectivity index (χ2n) is 23.6. The second-order valence-corrected chi connectivity index (χ2v) is 23.6. The van der Waals surface area contributed by atoms with Crippen molar-refractivity contribution in [2.45, 2.75) is 137 Å². The van der Waals surface area contributed by atoms with Crippen LogP contribution in [0.3, 0.4) is 0 Å². The molecule has 6 heteroatoms. The molecule has 3 heterocycles. The Balaban J connectivity index is 0.00000676. The van der Waals surface area contributed by atoms with Gasteiger partial charge in [-0.15, -0.1) is 48.3 Å². The van der Waals surface area contributed by atoms with Crippen molar-refractivity contribution < 1.29 is 25.8 Å². The number of pyridine rings is 1. The first-order chi connectivity index (χ1) is 33.0. The van der Waals surface area contributed by atoms with Crippen molar-refractivity contribution in [3.05, 3.63) is 203 Å². The van der Waals surface area contributed by atoms with Gasteiger partial charge in [0, 0.05) is 61.2 Å². The van der Waals surface area contributed by atoms with E-state index in [1.165, 1.54) is 38.9 Å². The van der Waals surface area contributed by atoms with E-state index in [0.717, 1.165) is 50.3 Å². The van der Waals surface area contributed by atoms with Crippen molar-refractivity contribution in [1.82, 2.24) is 9.55 Å². The van der Waals surface area contributed by atoms with E-state index in [-0.39, 0.29) is 37.3 Å². The number of hydrogen-bond donors (Lipinski definition) is 0. The third-order valence-electron chi connectivity index (χ3n) is 14.2. The van der Waals surface area contributed by atoms with Gasteiger partial charge in [-0.3, -0.25) is 0 Å². The molecule has 6 aromatic carbocycles. The Hall–Kier alpha value is -5.90. The molecule has 0 unspecified atom stereocenters. The van der Waals surface area contributed by atoms with E-state index in [9.17, 15) is 0 Å². The first-order valence-corrected chi connectivity index (χ1v) is 25.2. The molecule has 0 aliphatic carbocycles. The van der Waals surface area contributed by atoms with Crippen molar-refractivity contribution in [1.29, 1.82) is 0 Å². The van der Waals surface area contributed by atoms with Crippen molar-refractivity contribution in [3.8, 4) is 17.3 Å². The monoisotopic (exact) mass is 1120 g/mol. The normalized spacial score (nSPS) is 13.7. The number of rotatable bonds is 10. The van der Waals surface area contributed by atoms with Gasteiger partial charge in [0.2, 0.25) is 0 Å². The van der Waals surface area contributed by atoms with Crippen molar-refractivity contribution in [2.24, 2.45) is 0 Å². The van der Waals surface area contributed by atoms with E-state index in [1.54, 1.807) is 0 Å². The van der Waals surface area contributed by atoms with Gasteiger partial charge in [0.05, 0.1) is 0 Å². The maximum Gasteiger partial charge on any atom is 0.135 e. The topological polar surface area (TPSA) is 33.5 Å². The summed E-state index contributed by atoms with van der Waals surface area (Å²) >= 11 is 0. The van der Waals surface area contributed by atoms with Gasteiger partial charge >= 0.3 is 0 Å². The molecule has 1 aliphatic heterocycles. The van der Waals surface area contributed by atoms with Gasteiger partial charge in [-0.2, -0.15) is 6.07 Å². The molecule has 0 N–H and O–H groups in total. The minimum absolute atomic E-state index is 0. The molecule has 9 rings (SSSR count). The fourth-order valence-electron chi connectivity index (χ4n) is 9.95. The van der Waals surface area contributed by atoms with Crippen LogP contribution < -0.4 is 14.5 Å². The van der Waals surface area contributed by atoms with Crippen LogP contribution in [0.15, 0.2) is 140 Å². The third kappa shape index (κ3) is 10.0. The Morgan fingerprint density at radius 3 is 1.80 bits per heavy atom. The molecule has 8 aromatic rings. The van der Waals surface area contributed by atoms with Crippen molar-refractivity contribution in [3.63, 3.8) is 0 Å². The van der Waals surface area contributed by atoms with Gasteiger partial charge in [0.25, 0.3) is 0 Å². The van der Waals surface area contributed by atoms with E-state index in [4.69, 9.17) is 9.72 Å². The number of ether oxygens (including phenoxy) is 1. The Morgan fingerprint density at radius 1 is 0.577 bits per heavy atom. The Bertz CT molecular complexity index is 3200. The van der Waals surface area contributed by atoms with Gasteiger partial charge in [-0.25, -0.2) is 4.98 Å². The Labute approximate surface area is 439 Å². The largest absolute Gasteiger partial charge is 0.509 e. The van der Waals surface area contributed by atoms with Crippen LogP contribution in [0.1, 0.15) is 160 Å². The molecular formula is C65H71N4OPt-3. The maximum absolute atomic E-state index is 7.09. The summed E-state index contributed by atoms with van der Waals surface area (Å²) in [4.78, 5) is 9.64. The SMILES string of the molecule is CC(C)c1cccc(C(C)C)c1C1=CN(c2cc(C(C)(C)C)cc(C(C)(C)C)c2)[CH-]N1c1[c-]c(Oc2[c-]c3c(c(C(C)(C)c4ccccc4)c2)c2ccccc2n3-c2cc(C(C)(C)C)ccn2)ccc1.[Pt]. The van der Waals surface area contributed by atoms with Gasteiger partial charge in [0.1, 0.15) is 5.82 Å². The minimum atomic E-state index is -0.406. The molecule has 0 amide bonds. The van der Waals surface area contributed by atoms with Gasteiger partial charge < -0.3 is 19.1 Å². The predicted octanol–water partition coefficient (Wildman–Crippen LogP) is 17.5. The molecule has 1 aliphatic rings. The summed E-state index contributed by atoms with van der Waals surface area (Å²) in [5.74, 6) is 2.68. The zero-order valence-electron chi connectivity index (χ0n) is 44.5. The van der Waals surface area contributed by atoms with Crippen molar-refractivity contribution in [2.75, 3.05) is 9.80 Å². The van der Waals surface area contributed by atoms with E-state index in [2.05, 4.69) is 265 Å². The number of para-hydroxylation sites is 1. The molecule has 370 valence electrons. The van der Waals surface area contributed by atoms with E-state index in [1.807, 2.05) is 12.3 Å². The minimum Gasteiger partial charge on any atom is -0.509 e. The summed E-state index contributed by atoms with van der Waals surface area (Å²) in [6.07, 6.45) is 4.25. The molecule has 0 saturated carbocycles. The van der Waals surface area contributed by atoms with Crippen LogP contribution in [0.5, 0.6) is 11.5 Å². The number of benzene rings is 6. The fraction of sp³-hybridized carbons (Fsp3) is 0.323. The second kappa shape index (κ2) is 19.3. The number of anilines is 2. The van der Waals surface area contributed by atoms with Crippen LogP contribution in [0, 0.1) is 18.8 Å². The van der Waals surface area contributed by atoms with E-state index >= 15 is 0 Å². The van der Waals surface area contributed by atoms with Crippen LogP contribution >= 0.6 is 0 Å². The summed E-state index contributed by atoms with van der Waals surface area (Å²) < 4.78 is 9.35. The van der Waals surface area contributed by atoms with Gasteiger partial charge in [0.15, 0.2) is 0 Å². The quantitative estimate of drug-likeness (QED) is 0.128. The summed E-state index contributed by atoms with van der Waals surface area (Å²) in [5, 5.41) is 2.28. The molecule has 0 spiro atoms. The summed E-state index contributed by atoms with van der Waals surface area (Å²) in [6, 6.07) is 53.7. The molecule has 0 radical (unpaired) electrons. The number of hydrogen-bond acceptors (Lipinski definition) is 4. The molecule has 71 heavy (non-hydrogen) atoms. The molecule has 2 aromatic heterocycles. The Kier molecular flexibility index (Phi) is 14.0. The predicted molar refractivity (Wildman–Crippen MR) is 296 cm³/mol. The number of aromatic nitrogens is 2. The molecule has 0 atom stereocenters. The van der Waals surface area contributed by atoms with Gasteiger partial charge in [-0.1, -0.05) is 188 Å². The third-order valence-corrected chi connectivity index (χ3v) is 14.2. The fourth-order valence-corrected chi connectivity index (χ4v) is 9.95. The zero-order valence-corrected chi connectivity index (χ0v) is 46.8. The smallest absolute Gasteiger partial charge is 0.135 e. The molecule has 5 nitrogen and oxygen atoms in total. The van der Waals surface area contributed by atoms with Crippen LogP contribution in [-0.2, 0) is 42.7 Å². The van der Waals surface area contributed by atoms with Crippen LogP contribution in [0.25, 0.3) is 33.3 Å². The molecular weight excluding hydrogens is 1050 g/mol. The number of fused-ring (bicyclic) bond motifs is 3. The first kappa shape index (κ1) is 51.5. The van der Waals surface area contributed by atoms with E-state index < -0.39 is 5.41 Å². The average Bonchev–Trinajstić information content (AvgIpc) is 3.91.